The van der Waals surface area contributed by atoms with Crippen molar-refractivity contribution < 1.29 is 17.9 Å². The summed E-state index contributed by atoms with van der Waals surface area (Å²) in [4.78, 5) is 27.2. The maximum absolute atomic E-state index is 12.9. The van der Waals surface area contributed by atoms with Gasteiger partial charge in [-0.1, -0.05) is 35.9 Å². The Morgan fingerprint density at radius 3 is 2.45 bits per heavy atom. The SMILES string of the molecule is Cc1ccc(Cl)c(-c2nc(-c3ccc(C(F)(F)F)cc3)nc(=O)[nH]2)c1OCc1ccccn1. The fourth-order valence-corrected chi connectivity index (χ4v) is 3.38. The summed E-state index contributed by atoms with van der Waals surface area (Å²) >= 11 is 6.44. The summed E-state index contributed by atoms with van der Waals surface area (Å²) in [6.45, 7) is 1.96. The van der Waals surface area contributed by atoms with Gasteiger partial charge in [-0.25, -0.2) is 9.78 Å². The minimum absolute atomic E-state index is 0.0456. The number of halogens is 4. The second-order valence-electron chi connectivity index (χ2n) is 7.08. The minimum Gasteiger partial charge on any atom is -0.486 e. The molecule has 2 aromatic heterocycles. The second kappa shape index (κ2) is 9.03. The molecule has 0 saturated carbocycles. The summed E-state index contributed by atoms with van der Waals surface area (Å²) in [5.41, 5.74) is 0.451. The van der Waals surface area contributed by atoms with Crippen molar-refractivity contribution >= 4 is 11.6 Å². The fraction of sp³-hybridized carbons (Fsp3) is 0.130. The topological polar surface area (TPSA) is 80.8 Å². The molecule has 0 aliphatic rings. The van der Waals surface area contributed by atoms with Crippen molar-refractivity contribution in [3.63, 3.8) is 0 Å². The predicted molar refractivity (Wildman–Crippen MR) is 117 cm³/mol. The van der Waals surface area contributed by atoms with E-state index in [0.29, 0.717) is 17.0 Å². The smallest absolute Gasteiger partial charge is 0.416 e. The molecule has 0 fully saturated rings. The molecule has 0 unspecified atom stereocenters. The molecule has 0 bridgehead atoms. The Morgan fingerprint density at radius 2 is 1.79 bits per heavy atom. The number of ether oxygens (including phenoxy) is 1. The number of aromatic nitrogens is 4. The summed E-state index contributed by atoms with van der Waals surface area (Å²) < 4.78 is 44.6. The Morgan fingerprint density at radius 1 is 1.03 bits per heavy atom. The van der Waals surface area contributed by atoms with Gasteiger partial charge in [0.05, 0.1) is 21.8 Å². The van der Waals surface area contributed by atoms with Crippen LogP contribution >= 0.6 is 11.6 Å². The third-order valence-electron chi connectivity index (χ3n) is 4.75. The first kappa shape index (κ1) is 22.5. The molecule has 168 valence electrons. The van der Waals surface area contributed by atoms with Gasteiger partial charge in [0.2, 0.25) is 0 Å². The molecule has 2 aromatic carbocycles. The van der Waals surface area contributed by atoms with E-state index in [2.05, 4.69) is 19.9 Å². The van der Waals surface area contributed by atoms with Gasteiger partial charge in [0.15, 0.2) is 5.82 Å². The van der Waals surface area contributed by atoms with E-state index in [1.165, 1.54) is 12.1 Å². The largest absolute Gasteiger partial charge is 0.486 e. The Bertz CT molecular complexity index is 1340. The van der Waals surface area contributed by atoms with Gasteiger partial charge in [0.25, 0.3) is 0 Å². The zero-order valence-corrected chi connectivity index (χ0v) is 17.9. The number of hydrogen-bond acceptors (Lipinski definition) is 5. The molecule has 4 rings (SSSR count). The monoisotopic (exact) mass is 472 g/mol. The Kier molecular flexibility index (Phi) is 6.15. The number of benzene rings is 2. The molecule has 4 aromatic rings. The quantitative estimate of drug-likeness (QED) is 0.417. The van der Waals surface area contributed by atoms with Gasteiger partial charge in [0, 0.05) is 11.8 Å². The van der Waals surface area contributed by atoms with E-state index in [0.717, 1.165) is 17.7 Å². The Labute approximate surface area is 191 Å². The number of aromatic amines is 1. The lowest BCUT2D eigenvalue weighted by molar-refractivity contribution is -0.137. The Hall–Kier alpha value is -3.72. The lowest BCUT2D eigenvalue weighted by Crippen LogP contribution is -2.15. The first-order chi connectivity index (χ1) is 15.7. The van der Waals surface area contributed by atoms with Gasteiger partial charge in [0.1, 0.15) is 18.2 Å². The summed E-state index contributed by atoms with van der Waals surface area (Å²) in [6, 6.07) is 13.0. The fourth-order valence-electron chi connectivity index (χ4n) is 3.14. The molecule has 6 nitrogen and oxygen atoms in total. The van der Waals surface area contributed by atoms with Crippen molar-refractivity contribution in [2.75, 3.05) is 0 Å². The number of nitrogens with one attached hydrogen (secondary N) is 1. The van der Waals surface area contributed by atoms with Gasteiger partial charge in [-0.15, -0.1) is 0 Å². The van der Waals surface area contributed by atoms with E-state index in [1.807, 2.05) is 13.0 Å². The summed E-state index contributed by atoms with van der Waals surface area (Å²) in [5, 5.41) is 0.268. The number of pyridine rings is 1. The molecule has 1 N–H and O–H groups in total. The van der Waals surface area contributed by atoms with Crippen molar-refractivity contribution in [1.29, 1.82) is 0 Å². The molecule has 0 saturated heterocycles. The van der Waals surface area contributed by atoms with Crippen LogP contribution in [0, 0.1) is 6.92 Å². The molecule has 0 amide bonds. The van der Waals surface area contributed by atoms with Gasteiger partial charge < -0.3 is 4.74 Å². The van der Waals surface area contributed by atoms with E-state index in [-0.39, 0.29) is 28.8 Å². The van der Waals surface area contributed by atoms with Crippen LogP contribution in [-0.2, 0) is 12.8 Å². The summed E-state index contributed by atoms with van der Waals surface area (Å²) in [6.07, 6.45) is -2.84. The number of nitrogens with zero attached hydrogens (tertiary/aromatic N) is 3. The van der Waals surface area contributed by atoms with Crippen LogP contribution in [0.4, 0.5) is 13.2 Å². The highest BCUT2D eigenvalue weighted by Crippen LogP contribution is 2.38. The van der Waals surface area contributed by atoms with Crippen LogP contribution in [0.5, 0.6) is 5.75 Å². The van der Waals surface area contributed by atoms with Crippen LogP contribution < -0.4 is 10.4 Å². The minimum atomic E-state index is -4.48. The van der Waals surface area contributed by atoms with Crippen molar-refractivity contribution in [3.8, 4) is 28.5 Å². The second-order valence-corrected chi connectivity index (χ2v) is 7.49. The molecule has 10 heteroatoms. The molecule has 33 heavy (non-hydrogen) atoms. The van der Waals surface area contributed by atoms with Crippen LogP contribution in [0.3, 0.4) is 0 Å². The first-order valence-electron chi connectivity index (χ1n) is 9.70. The normalized spacial score (nSPS) is 11.4. The van der Waals surface area contributed by atoms with E-state index < -0.39 is 17.4 Å². The van der Waals surface area contributed by atoms with Crippen molar-refractivity contribution in [1.82, 2.24) is 19.9 Å². The Balaban J connectivity index is 1.76. The van der Waals surface area contributed by atoms with E-state index in [4.69, 9.17) is 16.3 Å². The van der Waals surface area contributed by atoms with Crippen LogP contribution in [0.1, 0.15) is 16.8 Å². The number of H-pyrrole nitrogens is 1. The average Bonchev–Trinajstić information content (AvgIpc) is 2.79. The highest BCUT2D eigenvalue weighted by molar-refractivity contribution is 6.33. The molecule has 0 radical (unpaired) electrons. The standard InChI is InChI=1S/C23H16ClF3N4O2/c1-13-5-10-17(24)18(19(13)33-12-16-4-2-3-11-28-16)21-29-20(30-22(32)31-21)14-6-8-15(9-7-14)23(25,26)27/h2-11H,12H2,1H3,(H,29,30,31,32). The van der Waals surface area contributed by atoms with E-state index >= 15 is 0 Å². The lowest BCUT2D eigenvalue weighted by Gasteiger charge is -2.15. The van der Waals surface area contributed by atoms with Gasteiger partial charge in [-0.2, -0.15) is 18.2 Å². The molecule has 0 aliphatic heterocycles. The predicted octanol–water partition coefficient (Wildman–Crippen LogP) is 5.45. The van der Waals surface area contributed by atoms with Crippen molar-refractivity contribution in [2.45, 2.75) is 19.7 Å². The lowest BCUT2D eigenvalue weighted by atomic mass is 10.1. The van der Waals surface area contributed by atoms with Crippen LogP contribution in [-0.4, -0.2) is 19.9 Å². The van der Waals surface area contributed by atoms with Gasteiger partial charge >= 0.3 is 11.9 Å². The summed E-state index contributed by atoms with van der Waals surface area (Å²) in [5.74, 6) is 0.422. The summed E-state index contributed by atoms with van der Waals surface area (Å²) in [7, 11) is 0. The molecular formula is C23H16ClF3N4O2. The maximum Gasteiger partial charge on any atom is 0.416 e. The van der Waals surface area contributed by atoms with Crippen LogP contribution in [0.25, 0.3) is 22.8 Å². The number of alkyl halides is 3. The van der Waals surface area contributed by atoms with Gasteiger partial charge in [-0.3, -0.25) is 9.97 Å². The zero-order chi connectivity index (χ0) is 23.6. The van der Waals surface area contributed by atoms with Crippen LogP contribution in [0.2, 0.25) is 5.02 Å². The zero-order valence-electron chi connectivity index (χ0n) is 17.2. The third kappa shape index (κ3) is 5.04. The van der Waals surface area contributed by atoms with Crippen molar-refractivity contribution in [3.05, 3.63) is 93.1 Å². The van der Waals surface area contributed by atoms with E-state index in [1.54, 1.807) is 30.5 Å². The first-order valence-corrected chi connectivity index (χ1v) is 10.1. The highest BCUT2D eigenvalue weighted by atomic mass is 35.5. The van der Waals surface area contributed by atoms with Crippen LogP contribution in [0.15, 0.2) is 65.6 Å². The molecule has 0 atom stereocenters. The van der Waals surface area contributed by atoms with Crippen molar-refractivity contribution in [2.24, 2.45) is 0 Å². The molecule has 0 aliphatic carbocycles. The molecule has 0 spiro atoms. The molecular weight excluding hydrogens is 457 g/mol. The average molecular weight is 473 g/mol. The third-order valence-corrected chi connectivity index (χ3v) is 5.07. The number of hydrogen-bond donors (Lipinski definition) is 1. The van der Waals surface area contributed by atoms with E-state index in [9.17, 15) is 18.0 Å². The number of rotatable bonds is 5. The molecule has 2 heterocycles. The highest BCUT2D eigenvalue weighted by Gasteiger charge is 2.30. The van der Waals surface area contributed by atoms with Gasteiger partial charge in [-0.05, 0) is 42.8 Å². The maximum atomic E-state index is 12.9. The number of aryl methyl sites for hydroxylation is 1.